The van der Waals surface area contributed by atoms with Crippen molar-refractivity contribution in [1.82, 2.24) is 4.90 Å². The molecule has 2 aromatic rings. The molecule has 0 heterocycles. The number of ether oxygens (including phenoxy) is 2. The number of rotatable bonds is 13. The van der Waals surface area contributed by atoms with Gasteiger partial charge in [-0.2, -0.15) is 0 Å². The van der Waals surface area contributed by atoms with E-state index in [4.69, 9.17) is 9.84 Å². The van der Waals surface area contributed by atoms with Gasteiger partial charge in [-0.1, -0.05) is 50.2 Å². The number of aliphatic carboxylic acids is 1. The Hall–Kier alpha value is -3.49. The first-order valence-corrected chi connectivity index (χ1v) is 12.8. The summed E-state index contributed by atoms with van der Waals surface area (Å²) in [6.45, 7) is 13.6. The van der Waals surface area contributed by atoms with E-state index in [1.54, 1.807) is 0 Å². The fourth-order valence-electron chi connectivity index (χ4n) is 4.00. The molecule has 1 atom stereocenters. The van der Waals surface area contributed by atoms with Crippen LogP contribution in [-0.2, 0) is 25.7 Å². The summed E-state index contributed by atoms with van der Waals surface area (Å²) in [5.41, 5.74) is 2.95. The summed E-state index contributed by atoms with van der Waals surface area (Å²) in [5.74, 6) is -0.950. The Bertz CT molecular complexity index is 1020. The molecule has 0 unspecified atom stereocenters. The van der Waals surface area contributed by atoms with Crippen molar-refractivity contribution in [1.29, 1.82) is 0 Å². The molecule has 208 valence electrons. The van der Waals surface area contributed by atoms with E-state index in [1.807, 2.05) is 50.2 Å². The number of esters is 1. The monoisotopic (exact) mass is 527 g/mol. The fourth-order valence-corrected chi connectivity index (χ4v) is 4.00. The number of carbonyl (C=O) groups excluding carboxylic acids is 2. The van der Waals surface area contributed by atoms with Crippen molar-refractivity contribution < 1.29 is 34.1 Å². The average Bonchev–Trinajstić information content (AvgIpc) is 2.87. The highest BCUT2D eigenvalue weighted by molar-refractivity contribution is 5.79. The Kier molecular flexibility index (Phi) is 14.6. The number of nitrogens with zero attached hydrogens (tertiary/aromatic N) is 1. The minimum absolute atomic E-state index is 0.0446. The summed E-state index contributed by atoms with van der Waals surface area (Å²) in [5, 5.41) is 17.6. The number of hydrogen-bond acceptors (Lipinski definition) is 7. The molecule has 0 aliphatic carbocycles. The molecule has 0 amide bonds. The van der Waals surface area contributed by atoms with Crippen molar-refractivity contribution >= 4 is 18.4 Å². The number of aliphatic hydroxyl groups is 1. The van der Waals surface area contributed by atoms with E-state index in [0.29, 0.717) is 23.9 Å². The van der Waals surface area contributed by atoms with Gasteiger partial charge in [0.25, 0.3) is 6.47 Å². The van der Waals surface area contributed by atoms with Crippen LogP contribution in [0, 0.1) is 5.92 Å². The molecule has 0 aliphatic rings. The minimum Gasteiger partial charge on any atom is -0.478 e. The number of carbonyl (C=O) groups is 3. The summed E-state index contributed by atoms with van der Waals surface area (Å²) in [6.07, 6.45) is 2.39. The van der Waals surface area contributed by atoms with Crippen LogP contribution >= 0.6 is 0 Å². The minimum atomic E-state index is -1.15. The van der Waals surface area contributed by atoms with E-state index in [2.05, 4.69) is 49.5 Å². The lowest BCUT2D eigenvalue weighted by atomic mass is 9.86. The van der Waals surface area contributed by atoms with E-state index in [1.165, 1.54) is 5.56 Å². The molecule has 0 bridgehead atoms. The van der Waals surface area contributed by atoms with Crippen LogP contribution in [0.25, 0.3) is 0 Å². The Morgan fingerprint density at radius 3 is 2.11 bits per heavy atom. The van der Waals surface area contributed by atoms with Gasteiger partial charge in [0.1, 0.15) is 12.0 Å². The molecule has 2 aromatic carbocycles. The summed E-state index contributed by atoms with van der Waals surface area (Å²) in [7, 11) is 0. The molecule has 2 rings (SSSR count). The van der Waals surface area contributed by atoms with Gasteiger partial charge in [0.15, 0.2) is 0 Å². The van der Waals surface area contributed by atoms with Crippen LogP contribution in [0.5, 0.6) is 5.75 Å². The molecule has 8 heteroatoms. The van der Waals surface area contributed by atoms with Crippen molar-refractivity contribution in [3.05, 3.63) is 77.6 Å². The van der Waals surface area contributed by atoms with Crippen molar-refractivity contribution in [2.75, 3.05) is 6.54 Å². The van der Waals surface area contributed by atoms with E-state index in [-0.39, 0.29) is 30.9 Å². The number of carboxylic acids is 1. The van der Waals surface area contributed by atoms with Gasteiger partial charge in [-0.15, -0.1) is 0 Å². The predicted octanol–water partition coefficient (Wildman–Crippen LogP) is 5.14. The summed E-state index contributed by atoms with van der Waals surface area (Å²) in [6, 6.07) is 16.9. The molecule has 0 aromatic heterocycles. The normalized spacial score (nSPS) is 12.0. The fraction of sp³-hybridized carbons (Fsp3) is 0.433. The van der Waals surface area contributed by atoms with Crippen LogP contribution in [0.3, 0.4) is 0 Å². The second kappa shape index (κ2) is 17.1. The van der Waals surface area contributed by atoms with Crippen LogP contribution in [0.1, 0.15) is 70.6 Å². The Labute approximate surface area is 225 Å². The second-order valence-corrected chi connectivity index (χ2v) is 9.66. The second-order valence-electron chi connectivity index (χ2n) is 9.66. The van der Waals surface area contributed by atoms with Gasteiger partial charge in [-0.05, 0) is 63.9 Å². The highest BCUT2D eigenvalue weighted by Crippen LogP contribution is 2.36. The van der Waals surface area contributed by atoms with Gasteiger partial charge in [0.2, 0.25) is 0 Å². The van der Waals surface area contributed by atoms with E-state index in [0.717, 1.165) is 30.4 Å². The molecule has 2 N–H and O–H groups in total. The number of hydrogen-bond donors (Lipinski definition) is 2. The van der Waals surface area contributed by atoms with Crippen LogP contribution in [0.15, 0.2) is 60.9 Å². The summed E-state index contributed by atoms with van der Waals surface area (Å²) < 4.78 is 9.68. The van der Waals surface area contributed by atoms with Gasteiger partial charge in [0.05, 0.1) is 18.6 Å². The molecule has 0 radical (unpaired) electrons. The Balaban J connectivity index is 0.000000781. The average molecular weight is 528 g/mol. The van der Waals surface area contributed by atoms with Crippen LogP contribution in [-0.4, -0.2) is 52.2 Å². The lowest BCUT2D eigenvalue weighted by Gasteiger charge is -2.32. The highest BCUT2D eigenvalue weighted by atomic mass is 16.5. The Morgan fingerprint density at radius 1 is 0.974 bits per heavy atom. The zero-order chi connectivity index (χ0) is 28.7. The third-order valence-electron chi connectivity index (χ3n) is 5.86. The Morgan fingerprint density at radius 2 is 1.61 bits per heavy atom. The molecule has 0 spiro atoms. The quantitative estimate of drug-likeness (QED) is 0.121. The molecule has 0 aliphatic heterocycles. The SMILES string of the molecule is CC(C)C(=O)Oc1ccc(CO)cc1[C@H](CCN(C(C)C)C(C)C)c1ccccc1.O=CO/C=C/C(=O)O. The van der Waals surface area contributed by atoms with Gasteiger partial charge < -0.3 is 19.7 Å². The maximum Gasteiger partial charge on any atom is 0.331 e. The zero-order valence-corrected chi connectivity index (χ0v) is 23.2. The molecular weight excluding hydrogens is 486 g/mol. The van der Waals surface area contributed by atoms with Gasteiger partial charge >= 0.3 is 11.9 Å². The number of benzene rings is 2. The maximum atomic E-state index is 12.3. The third-order valence-corrected chi connectivity index (χ3v) is 5.86. The summed E-state index contributed by atoms with van der Waals surface area (Å²) >= 11 is 0. The molecule has 0 fully saturated rings. The van der Waals surface area contributed by atoms with E-state index >= 15 is 0 Å². The number of aliphatic hydroxyl groups excluding tert-OH is 1. The zero-order valence-electron chi connectivity index (χ0n) is 23.2. The van der Waals surface area contributed by atoms with Gasteiger partial charge in [-0.3, -0.25) is 14.5 Å². The highest BCUT2D eigenvalue weighted by Gasteiger charge is 2.23. The van der Waals surface area contributed by atoms with Crippen LogP contribution in [0.2, 0.25) is 0 Å². The van der Waals surface area contributed by atoms with E-state index in [9.17, 15) is 19.5 Å². The van der Waals surface area contributed by atoms with Crippen molar-refractivity contribution in [2.45, 2.75) is 72.6 Å². The van der Waals surface area contributed by atoms with Crippen molar-refractivity contribution in [3.63, 3.8) is 0 Å². The van der Waals surface area contributed by atoms with Crippen molar-refractivity contribution in [3.8, 4) is 5.75 Å². The first kappa shape index (κ1) is 32.5. The molecule has 0 saturated carbocycles. The first-order chi connectivity index (χ1) is 18.0. The maximum absolute atomic E-state index is 12.3. The first-order valence-electron chi connectivity index (χ1n) is 12.8. The lowest BCUT2D eigenvalue weighted by molar-refractivity contribution is -0.138. The lowest BCUT2D eigenvalue weighted by Crippen LogP contribution is -2.38. The van der Waals surface area contributed by atoms with Gasteiger partial charge in [-0.25, -0.2) is 4.79 Å². The van der Waals surface area contributed by atoms with E-state index < -0.39 is 5.97 Å². The molecular formula is C30H41NO7. The predicted molar refractivity (Wildman–Crippen MR) is 147 cm³/mol. The largest absolute Gasteiger partial charge is 0.478 e. The van der Waals surface area contributed by atoms with Gasteiger partial charge in [0, 0.05) is 23.6 Å². The molecule has 0 saturated heterocycles. The van der Waals surface area contributed by atoms with Crippen LogP contribution < -0.4 is 4.74 Å². The van der Waals surface area contributed by atoms with Crippen molar-refractivity contribution in [2.24, 2.45) is 5.92 Å². The third kappa shape index (κ3) is 11.3. The molecule has 8 nitrogen and oxygen atoms in total. The van der Waals surface area contributed by atoms with Crippen LogP contribution in [0.4, 0.5) is 0 Å². The number of carboxylic acid groups (broad SMARTS) is 1. The topological polar surface area (TPSA) is 113 Å². The standard InChI is InChI=1S/C26H37NO3.C4H4O4/c1-18(2)26(29)30-25-13-12-21(17-28)16-24(25)23(22-10-8-7-9-11-22)14-15-27(19(3)4)20(5)6;5-3-8-2-1-4(6)7/h7-13,16,18-20,23,28H,14-15,17H2,1-6H3;1-3H,(H,6,7)/b;2-1+/t23-;/m1./s1. The molecule has 38 heavy (non-hydrogen) atoms. The summed E-state index contributed by atoms with van der Waals surface area (Å²) in [4.78, 5) is 33.7. The smallest absolute Gasteiger partial charge is 0.331 e.